The minimum absolute atomic E-state index is 0.0439. The molecule has 0 aromatic carbocycles. The Hall–Kier alpha value is -1.11. The maximum absolute atomic E-state index is 12.3. The number of aliphatic carboxylic acids is 1. The molecule has 0 aliphatic rings. The molecular weight excluding hydrogens is 202 g/mol. The normalized spacial score (nSPS) is 13.2. The van der Waals surface area contributed by atoms with Gasteiger partial charge >= 0.3 is 5.97 Å². The first-order valence-electron chi connectivity index (χ1n) is 3.38. The Balaban J connectivity index is 2.74. The van der Waals surface area contributed by atoms with E-state index in [2.05, 4.69) is 9.59 Å². The molecule has 0 bridgehead atoms. The molecular formula is C6H6F2N2O2S. The highest BCUT2D eigenvalue weighted by atomic mass is 32.1. The lowest BCUT2D eigenvalue weighted by atomic mass is 10.0. The van der Waals surface area contributed by atoms with E-state index >= 15 is 0 Å². The number of nitrogens with zero attached hydrogens (tertiary/aromatic N) is 2. The number of carboxylic acid groups (broad SMARTS) is 1. The van der Waals surface area contributed by atoms with E-state index < -0.39 is 24.7 Å². The predicted molar refractivity (Wildman–Crippen MR) is 40.9 cm³/mol. The summed E-state index contributed by atoms with van der Waals surface area (Å²) >= 11 is 0.925. The monoisotopic (exact) mass is 208 g/mol. The number of carboxylic acids is 1. The van der Waals surface area contributed by atoms with Crippen LogP contribution in [0.3, 0.4) is 0 Å². The average Bonchev–Trinajstić information content (AvgIpc) is 2.50. The first-order valence-corrected chi connectivity index (χ1v) is 4.22. The number of hydrogen-bond donors (Lipinski definition) is 1. The Labute approximate surface area is 76.4 Å². The van der Waals surface area contributed by atoms with E-state index in [9.17, 15) is 13.6 Å². The van der Waals surface area contributed by atoms with Gasteiger partial charge in [-0.1, -0.05) is 4.49 Å². The Morgan fingerprint density at radius 3 is 2.77 bits per heavy atom. The van der Waals surface area contributed by atoms with Crippen LogP contribution in [0.4, 0.5) is 8.78 Å². The number of rotatable bonds is 4. The highest BCUT2D eigenvalue weighted by Crippen LogP contribution is 2.25. The molecule has 1 heterocycles. The van der Waals surface area contributed by atoms with Gasteiger partial charge < -0.3 is 5.11 Å². The van der Waals surface area contributed by atoms with Crippen LogP contribution in [-0.4, -0.2) is 27.1 Å². The van der Waals surface area contributed by atoms with Gasteiger partial charge in [-0.3, -0.25) is 4.79 Å². The van der Waals surface area contributed by atoms with Crippen LogP contribution in [0.15, 0.2) is 5.38 Å². The summed E-state index contributed by atoms with van der Waals surface area (Å²) in [5, 5.41) is 13.1. The van der Waals surface area contributed by atoms with Crippen LogP contribution in [0.25, 0.3) is 0 Å². The molecule has 0 aliphatic carbocycles. The fourth-order valence-electron chi connectivity index (χ4n) is 0.844. The van der Waals surface area contributed by atoms with Gasteiger partial charge in [0.25, 0.3) is 0 Å². The van der Waals surface area contributed by atoms with E-state index in [0.29, 0.717) is 0 Å². The largest absolute Gasteiger partial charge is 0.481 e. The van der Waals surface area contributed by atoms with Gasteiger partial charge in [-0.15, -0.1) is 5.10 Å². The molecule has 0 saturated heterocycles. The molecule has 0 spiro atoms. The molecule has 72 valence electrons. The van der Waals surface area contributed by atoms with Gasteiger partial charge in [0, 0.05) is 5.38 Å². The van der Waals surface area contributed by atoms with Crippen LogP contribution < -0.4 is 0 Å². The third kappa shape index (κ3) is 2.69. The second-order valence-corrected chi connectivity index (χ2v) is 2.98. The first-order chi connectivity index (χ1) is 6.11. The van der Waals surface area contributed by atoms with Gasteiger partial charge in [0.15, 0.2) is 0 Å². The summed E-state index contributed by atoms with van der Waals surface area (Å²) in [6, 6.07) is 0. The summed E-state index contributed by atoms with van der Waals surface area (Å²) in [7, 11) is 0. The molecule has 0 aliphatic heterocycles. The standard InChI is InChI=1S/C6H6F2N2O2S/c7-6(8)3(1-5(11)12)4-2-13-10-9-4/h2-3,6H,1H2,(H,11,12). The van der Waals surface area contributed by atoms with E-state index in [-0.39, 0.29) is 5.69 Å². The number of hydrogen-bond acceptors (Lipinski definition) is 4. The van der Waals surface area contributed by atoms with Crippen molar-refractivity contribution in [3.63, 3.8) is 0 Å². The maximum Gasteiger partial charge on any atom is 0.304 e. The molecule has 0 fully saturated rings. The average molecular weight is 208 g/mol. The van der Waals surface area contributed by atoms with Gasteiger partial charge in [-0.2, -0.15) is 0 Å². The van der Waals surface area contributed by atoms with E-state index in [1.807, 2.05) is 0 Å². The highest BCUT2D eigenvalue weighted by molar-refractivity contribution is 7.03. The highest BCUT2D eigenvalue weighted by Gasteiger charge is 2.27. The zero-order valence-electron chi connectivity index (χ0n) is 6.35. The van der Waals surface area contributed by atoms with E-state index in [1.165, 1.54) is 5.38 Å². The SMILES string of the molecule is O=C(O)CC(c1csnn1)C(F)F. The van der Waals surface area contributed by atoms with Crippen LogP contribution >= 0.6 is 11.5 Å². The molecule has 1 aromatic rings. The van der Waals surface area contributed by atoms with Crippen LogP contribution in [0.5, 0.6) is 0 Å². The van der Waals surface area contributed by atoms with Crippen LogP contribution in [-0.2, 0) is 4.79 Å². The molecule has 0 amide bonds. The third-order valence-corrected chi connectivity index (χ3v) is 1.98. The summed E-state index contributed by atoms with van der Waals surface area (Å²) in [5.74, 6) is -2.62. The van der Waals surface area contributed by atoms with Crippen molar-refractivity contribution in [3.8, 4) is 0 Å². The van der Waals surface area contributed by atoms with Crippen LogP contribution in [0.1, 0.15) is 18.0 Å². The summed E-state index contributed by atoms with van der Waals surface area (Å²) < 4.78 is 28.0. The van der Waals surface area contributed by atoms with Crippen LogP contribution in [0.2, 0.25) is 0 Å². The van der Waals surface area contributed by atoms with Crippen molar-refractivity contribution in [2.24, 2.45) is 0 Å². The number of halogens is 2. The molecule has 13 heavy (non-hydrogen) atoms. The molecule has 1 rings (SSSR count). The minimum atomic E-state index is -2.72. The Kier molecular flexibility index (Phi) is 3.24. The van der Waals surface area contributed by atoms with Crippen molar-refractivity contribution in [1.82, 2.24) is 9.59 Å². The Bertz CT molecular complexity index is 278. The maximum atomic E-state index is 12.3. The van der Waals surface area contributed by atoms with Gasteiger partial charge in [0.2, 0.25) is 6.43 Å². The number of alkyl halides is 2. The van der Waals surface area contributed by atoms with Gasteiger partial charge in [-0.05, 0) is 11.5 Å². The molecule has 0 saturated carbocycles. The Morgan fingerprint density at radius 2 is 2.38 bits per heavy atom. The van der Waals surface area contributed by atoms with E-state index in [4.69, 9.17) is 5.11 Å². The van der Waals surface area contributed by atoms with Crippen molar-refractivity contribution < 1.29 is 18.7 Å². The van der Waals surface area contributed by atoms with Gasteiger partial charge in [0.05, 0.1) is 18.0 Å². The molecule has 0 radical (unpaired) electrons. The molecule has 1 atom stereocenters. The lowest BCUT2D eigenvalue weighted by molar-refractivity contribution is -0.138. The van der Waals surface area contributed by atoms with E-state index in [0.717, 1.165) is 11.5 Å². The van der Waals surface area contributed by atoms with Crippen molar-refractivity contribution in [2.75, 3.05) is 0 Å². The lowest BCUT2D eigenvalue weighted by Gasteiger charge is -2.09. The zero-order chi connectivity index (χ0) is 9.84. The number of carbonyl (C=O) groups is 1. The zero-order valence-corrected chi connectivity index (χ0v) is 7.17. The molecule has 7 heteroatoms. The molecule has 1 N–H and O–H groups in total. The quantitative estimate of drug-likeness (QED) is 0.811. The lowest BCUT2D eigenvalue weighted by Crippen LogP contribution is -2.14. The number of aromatic nitrogens is 2. The molecule has 1 unspecified atom stereocenters. The summed E-state index contributed by atoms with van der Waals surface area (Å²) in [6.07, 6.45) is -3.34. The van der Waals surface area contributed by atoms with Crippen molar-refractivity contribution in [3.05, 3.63) is 11.1 Å². The van der Waals surface area contributed by atoms with Gasteiger partial charge in [-0.25, -0.2) is 8.78 Å². The van der Waals surface area contributed by atoms with Crippen molar-refractivity contribution in [1.29, 1.82) is 0 Å². The summed E-state index contributed by atoms with van der Waals surface area (Å²) in [6.45, 7) is 0. The van der Waals surface area contributed by atoms with Gasteiger partial charge in [0.1, 0.15) is 0 Å². The third-order valence-electron chi connectivity index (χ3n) is 1.46. The van der Waals surface area contributed by atoms with E-state index in [1.54, 1.807) is 0 Å². The van der Waals surface area contributed by atoms with Crippen LogP contribution in [0, 0.1) is 0 Å². The van der Waals surface area contributed by atoms with Crippen molar-refractivity contribution in [2.45, 2.75) is 18.8 Å². The smallest absolute Gasteiger partial charge is 0.304 e. The second-order valence-electron chi connectivity index (χ2n) is 2.37. The fourth-order valence-corrected chi connectivity index (χ4v) is 1.36. The Morgan fingerprint density at radius 1 is 1.69 bits per heavy atom. The molecule has 4 nitrogen and oxygen atoms in total. The summed E-state index contributed by atoms with van der Waals surface area (Å²) in [4.78, 5) is 10.2. The predicted octanol–water partition coefficient (Wildman–Crippen LogP) is 1.36. The minimum Gasteiger partial charge on any atom is -0.481 e. The fraction of sp³-hybridized carbons (Fsp3) is 0.500. The second kappa shape index (κ2) is 4.22. The first kappa shape index (κ1) is 9.97. The topological polar surface area (TPSA) is 63.1 Å². The molecule has 1 aromatic heterocycles. The van der Waals surface area contributed by atoms with Crippen molar-refractivity contribution >= 4 is 17.5 Å². The summed E-state index contributed by atoms with van der Waals surface area (Å²) in [5.41, 5.74) is 0.0439.